The van der Waals surface area contributed by atoms with Gasteiger partial charge >= 0.3 is 0 Å². The van der Waals surface area contributed by atoms with Crippen LogP contribution in [0.4, 0.5) is 0 Å². The molecule has 0 saturated heterocycles. The van der Waals surface area contributed by atoms with Crippen molar-refractivity contribution in [2.75, 3.05) is 6.54 Å². The Kier molecular flexibility index (Phi) is 6.53. The van der Waals surface area contributed by atoms with Crippen molar-refractivity contribution in [2.45, 2.75) is 70.6 Å². The Morgan fingerprint density at radius 3 is 2.29 bits per heavy atom. The van der Waals surface area contributed by atoms with Gasteiger partial charge in [-0.1, -0.05) is 63.3 Å². The minimum atomic E-state index is 0.000403. The normalized spacial score (nSPS) is 18.7. The Morgan fingerprint density at radius 2 is 1.71 bits per heavy atom. The van der Waals surface area contributed by atoms with Gasteiger partial charge in [-0.15, -0.1) is 0 Å². The molecule has 1 aromatic carbocycles. The number of halogens is 1. The largest absolute Gasteiger partial charge is 0.369 e. The third-order valence-corrected chi connectivity index (χ3v) is 4.56. The quantitative estimate of drug-likeness (QED) is 0.751. The molecule has 21 heavy (non-hydrogen) atoms. The lowest BCUT2D eigenvalue weighted by atomic mass is 9.93. The van der Waals surface area contributed by atoms with Crippen LogP contribution in [0, 0.1) is 0 Å². The summed E-state index contributed by atoms with van der Waals surface area (Å²) in [5.41, 5.74) is 1.20. The van der Waals surface area contributed by atoms with Crippen LogP contribution in [0.15, 0.2) is 24.3 Å². The standard InChI is InChI=1S/C18H28ClNO/c1-15(2)20-14-18(11-5-3-4-6-12-18)21-13-16-7-9-17(19)10-8-16/h7-10,15,20H,3-6,11-14H2,1-2H3. The fraction of sp³-hybridized carbons (Fsp3) is 0.667. The van der Waals surface area contributed by atoms with Gasteiger partial charge in [0.1, 0.15) is 0 Å². The molecule has 2 rings (SSSR count). The second kappa shape index (κ2) is 8.17. The molecule has 118 valence electrons. The summed E-state index contributed by atoms with van der Waals surface area (Å²) >= 11 is 5.94. The van der Waals surface area contributed by atoms with E-state index in [0.29, 0.717) is 12.6 Å². The molecule has 0 aromatic heterocycles. The first kappa shape index (κ1) is 16.8. The molecule has 0 heterocycles. The molecule has 0 amide bonds. The minimum absolute atomic E-state index is 0.000403. The second-order valence-electron chi connectivity index (χ2n) is 6.55. The summed E-state index contributed by atoms with van der Waals surface area (Å²) in [6, 6.07) is 8.49. The summed E-state index contributed by atoms with van der Waals surface area (Å²) in [6.45, 7) is 6.03. The zero-order valence-electron chi connectivity index (χ0n) is 13.3. The predicted molar refractivity (Wildman–Crippen MR) is 89.8 cm³/mol. The molecule has 1 saturated carbocycles. The number of rotatable bonds is 6. The summed E-state index contributed by atoms with van der Waals surface area (Å²) in [5, 5.41) is 4.36. The summed E-state index contributed by atoms with van der Waals surface area (Å²) in [5.74, 6) is 0. The Hall–Kier alpha value is -0.570. The highest BCUT2D eigenvalue weighted by atomic mass is 35.5. The average molecular weight is 310 g/mol. The number of nitrogens with one attached hydrogen (secondary N) is 1. The molecule has 3 heteroatoms. The van der Waals surface area contributed by atoms with Crippen molar-refractivity contribution in [3.63, 3.8) is 0 Å². The van der Waals surface area contributed by atoms with E-state index >= 15 is 0 Å². The Bertz CT molecular complexity index is 408. The van der Waals surface area contributed by atoms with Gasteiger partial charge in [0.2, 0.25) is 0 Å². The molecule has 0 bridgehead atoms. The van der Waals surface area contributed by atoms with Crippen LogP contribution in [0.3, 0.4) is 0 Å². The van der Waals surface area contributed by atoms with E-state index in [1.165, 1.54) is 44.1 Å². The topological polar surface area (TPSA) is 21.3 Å². The molecule has 0 aliphatic heterocycles. The zero-order valence-corrected chi connectivity index (χ0v) is 14.1. The van der Waals surface area contributed by atoms with Gasteiger partial charge in [0.25, 0.3) is 0 Å². The molecule has 1 N–H and O–H groups in total. The van der Waals surface area contributed by atoms with Crippen LogP contribution in [-0.4, -0.2) is 18.2 Å². The van der Waals surface area contributed by atoms with Gasteiger partial charge in [0.15, 0.2) is 0 Å². The van der Waals surface area contributed by atoms with E-state index < -0.39 is 0 Å². The van der Waals surface area contributed by atoms with Gasteiger partial charge in [-0.05, 0) is 30.5 Å². The van der Waals surface area contributed by atoms with E-state index in [4.69, 9.17) is 16.3 Å². The molecule has 2 nitrogen and oxygen atoms in total. The highest BCUT2D eigenvalue weighted by Crippen LogP contribution is 2.31. The van der Waals surface area contributed by atoms with E-state index in [0.717, 1.165) is 11.6 Å². The number of benzene rings is 1. The smallest absolute Gasteiger partial charge is 0.0810 e. The van der Waals surface area contributed by atoms with Crippen LogP contribution in [0.2, 0.25) is 5.02 Å². The van der Waals surface area contributed by atoms with Gasteiger partial charge < -0.3 is 10.1 Å². The molecule has 0 spiro atoms. The second-order valence-corrected chi connectivity index (χ2v) is 6.98. The summed E-state index contributed by atoms with van der Waals surface area (Å²) in [7, 11) is 0. The average Bonchev–Trinajstić information content (AvgIpc) is 2.71. The molecule has 1 aliphatic carbocycles. The van der Waals surface area contributed by atoms with Crippen molar-refractivity contribution in [2.24, 2.45) is 0 Å². The Labute approximate surface area is 134 Å². The van der Waals surface area contributed by atoms with Crippen LogP contribution < -0.4 is 5.32 Å². The monoisotopic (exact) mass is 309 g/mol. The zero-order chi connectivity index (χ0) is 15.1. The lowest BCUT2D eigenvalue weighted by Crippen LogP contribution is -2.44. The van der Waals surface area contributed by atoms with Crippen LogP contribution in [0.1, 0.15) is 57.9 Å². The van der Waals surface area contributed by atoms with E-state index in [9.17, 15) is 0 Å². The highest BCUT2D eigenvalue weighted by molar-refractivity contribution is 6.30. The first-order chi connectivity index (χ1) is 10.1. The maximum absolute atomic E-state index is 6.42. The highest BCUT2D eigenvalue weighted by Gasteiger charge is 2.31. The molecule has 0 unspecified atom stereocenters. The Balaban J connectivity index is 1.98. The lowest BCUT2D eigenvalue weighted by molar-refractivity contribution is -0.0665. The van der Waals surface area contributed by atoms with E-state index in [1.807, 2.05) is 12.1 Å². The van der Waals surface area contributed by atoms with Gasteiger partial charge in [0.05, 0.1) is 12.2 Å². The predicted octanol–water partition coefficient (Wildman–Crippen LogP) is 4.95. The molecule has 0 atom stereocenters. The summed E-state index contributed by atoms with van der Waals surface area (Å²) in [6.07, 6.45) is 7.57. The van der Waals surface area contributed by atoms with Crippen molar-refractivity contribution in [1.29, 1.82) is 0 Å². The maximum Gasteiger partial charge on any atom is 0.0810 e. The number of ether oxygens (including phenoxy) is 1. The third-order valence-electron chi connectivity index (χ3n) is 4.31. The van der Waals surface area contributed by atoms with Gasteiger partial charge in [-0.2, -0.15) is 0 Å². The van der Waals surface area contributed by atoms with Crippen molar-refractivity contribution < 1.29 is 4.74 Å². The van der Waals surface area contributed by atoms with Crippen molar-refractivity contribution in [1.82, 2.24) is 5.32 Å². The molecular weight excluding hydrogens is 282 g/mol. The fourth-order valence-corrected chi connectivity index (χ4v) is 3.08. The molecule has 1 fully saturated rings. The number of hydrogen-bond donors (Lipinski definition) is 1. The fourth-order valence-electron chi connectivity index (χ4n) is 2.95. The molecule has 1 aliphatic rings. The molecule has 0 radical (unpaired) electrons. The third kappa shape index (κ3) is 5.61. The maximum atomic E-state index is 6.42. The van der Waals surface area contributed by atoms with E-state index in [2.05, 4.69) is 31.3 Å². The van der Waals surface area contributed by atoms with Crippen molar-refractivity contribution in [3.05, 3.63) is 34.9 Å². The Morgan fingerprint density at radius 1 is 1.10 bits per heavy atom. The molecular formula is C18H28ClNO. The van der Waals surface area contributed by atoms with Crippen molar-refractivity contribution >= 4 is 11.6 Å². The van der Waals surface area contributed by atoms with E-state index in [-0.39, 0.29) is 5.60 Å². The first-order valence-corrected chi connectivity index (χ1v) is 8.59. The molecule has 1 aromatic rings. The van der Waals surface area contributed by atoms with Gasteiger partial charge in [-0.3, -0.25) is 0 Å². The van der Waals surface area contributed by atoms with Gasteiger partial charge in [-0.25, -0.2) is 0 Å². The van der Waals surface area contributed by atoms with E-state index in [1.54, 1.807) is 0 Å². The summed E-state index contributed by atoms with van der Waals surface area (Å²) < 4.78 is 6.42. The van der Waals surface area contributed by atoms with Crippen LogP contribution in [0.5, 0.6) is 0 Å². The SMILES string of the molecule is CC(C)NCC1(OCc2ccc(Cl)cc2)CCCCCC1. The van der Waals surface area contributed by atoms with Gasteiger partial charge in [0, 0.05) is 17.6 Å². The van der Waals surface area contributed by atoms with Crippen LogP contribution in [0.25, 0.3) is 0 Å². The lowest BCUT2D eigenvalue weighted by Gasteiger charge is -2.34. The van der Waals surface area contributed by atoms with Crippen molar-refractivity contribution in [3.8, 4) is 0 Å². The van der Waals surface area contributed by atoms with Crippen LogP contribution in [-0.2, 0) is 11.3 Å². The first-order valence-electron chi connectivity index (χ1n) is 8.21. The minimum Gasteiger partial charge on any atom is -0.369 e. The van der Waals surface area contributed by atoms with Crippen LogP contribution >= 0.6 is 11.6 Å². The summed E-state index contributed by atoms with van der Waals surface area (Å²) in [4.78, 5) is 0. The number of hydrogen-bond acceptors (Lipinski definition) is 2.